The highest BCUT2D eigenvalue weighted by molar-refractivity contribution is 6.31. The van der Waals surface area contributed by atoms with Gasteiger partial charge in [0.05, 0.1) is 0 Å². The number of halogens is 2. The van der Waals surface area contributed by atoms with Gasteiger partial charge in [0.25, 0.3) is 0 Å². The van der Waals surface area contributed by atoms with Gasteiger partial charge >= 0.3 is 5.76 Å². The van der Waals surface area contributed by atoms with Crippen molar-refractivity contribution in [3.63, 3.8) is 0 Å². The van der Waals surface area contributed by atoms with Crippen molar-refractivity contribution in [3.05, 3.63) is 51.0 Å². The average molecular weight is 353 g/mol. The van der Waals surface area contributed by atoms with Crippen LogP contribution in [0.25, 0.3) is 0 Å². The van der Waals surface area contributed by atoms with E-state index in [1.165, 1.54) is 18.9 Å². The molecule has 24 heavy (non-hydrogen) atoms. The minimum Gasteiger partial charge on any atom is -0.296 e. The summed E-state index contributed by atoms with van der Waals surface area (Å²) >= 11 is 6.09. The molecule has 1 aliphatic carbocycles. The molecule has 4 nitrogen and oxygen atoms in total. The molecule has 1 fully saturated rings. The van der Waals surface area contributed by atoms with Gasteiger partial charge < -0.3 is 0 Å². The van der Waals surface area contributed by atoms with Gasteiger partial charge in [0.1, 0.15) is 5.82 Å². The minimum atomic E-state index is -0.487. The van der Waals surface area contributed by atoms with Crippen LogP contribution in [-0.4, -0.2) is 9.72 Å². The first-order valence-electron chi connectivity index (χ1n) is 8.37. The standard InChI is InChI=1S/C18H22ClFN2O2/c1-18(2)9-4-3-6-12(18)11-22-16(21-24-17(22)23)10-13-14(19)7-5-8-15(13)20/h5,7-8,12H,3-4,6,9-11H2,1-2H3. The fourth-order valence-electron chi connectivity index (χ4n) is 3.59. The van der Waals surface area contributed by atoms with Crippen molar-refractivity contribution < 1.29 is 8.91 Å². The minimum absolute atomic E-state index is 0.143. The third-order valence-corrected chi connectivity index (χ3v) is 5.64. The Morgan fingerprint density at radius 1 is 1.42 bits per heavy atom. The summed E-state index contributed by atoms with van der Waals surface area (Å²) in [6.45, 7) is 5.03. The first kappa shape index (κ1) is 17.2. The summed E-state index contributed by atoms with van der Waals surface area (Å²) in [7, 11) is 0. The Morgan fingerprint density at radius 2 is 2.21 bits per heavy atom. The number of nitrogens with zero attached hydrogens (tertiary/aromatic N) is 2. The number of benzene rings is 1. The van der Waals surface area contributed by atoms with Gasteiger partial charge in [-0.15, -0.1) is 0 Å². The third kappa shape index (κ3) is 3.41. The lowest BCUT2D eigenvalue weighted by molar-refractivity contribution is 0.118. The Kier molecular flexibility index (Phi) is 4.81. The summed E-state index contributed by atoms with van der Waals surface area (Å²) in [6.07, 6.45) is 4.75. The van der Waals surface area contributed by atoms with Crippen LogP contribution in [0.5, 0.6) is 0 Å². The lowest BCUT2D eigenvalue weighted by Crippen LogP contribution is -2.34. The zero-order chi connectivity index (χ0) is 17.3. The molecular formula is C18H22ClFN2O2. The molecule has 0 spiro atoms. The van der Waals surface area contributed by atoms with Crippen molar-refractivity contribution in [2.45, 2.75) is 52.5 Å². The first-order valence-corrected chi connectivity index (χ1v) is 8.74. The van der Waals surface area contributed by atoms with Gasteiger partial charge in [0.2, 0.25) is 0 Å². The van der Waals surface area contributed by atoms with Crippen LogP contribution in [-0.2, 0) is 13.0 Å². The van der Waals surface area contributed by atoms with Crippen LogP contribution in [0.3, 0.4) is 0 Å². The molecule has 130 valence electrons. The van der Waals surface area contributed by atoms with Crippen molar-refractivity contribution in [3.8, 4) is 0 Å². The second kappa shape index (κ2) is 6.71. The van der Waals surface area contributed by atoms with E-state index in [1.807, 2.05) is 0 Å². The van der Waals surface area contributed by atoms with Crippen molar-refractivity contribution in [2.24, 2.45) is 11.3 Å². The van der Waals surface area contributed by atoms with E-state index in [4.69, 9.17) is 16.1 Å². The lowest BCUT2D eigenvalue weighted by Gasteiger charge is -2.38. The molecule has 6 heteroatoms. The van der Waals surface area contributed by atoms with Crippen molar-refractivity contribution in [1.29, 1.82) is 0 Å². The van der Waals surface area contributed by atoms with Crippen molar-refractivity contribution in [2.75, 3.05) is 0 Å². The molecule has 1 aliphatic rings. The van der Waals surface area contributed by atoms with E-state index in [1.54, 1.807) is 16.7 Å². The van der Waals surface area contributed by atoms with Crippen LogP contribution in [0, 0.1) is 17.2 Å². The van der Waals surface area contributed by atoms with Gasteiger partial charge in [-0.1, -0.05) is 49.5 Å². The first-order chi connectivity index (χ1) is 11.4. The lowest BCUT2D eigenvalue weighted by atomic mass is 9.69. The zero-order valence-electron chi connectivity index (χ0n) is 14.0. The molecule has 0 saturated heterocycles. The fourth-order valence-corrected chi connectivity index (χ4v) is 3.82. The van der Waals surface area contributed by atoms with E-state index in [0.29, 0.717) is 28.9 Å². The second-order valence-electron chi connectivity index (χ2n) is 7.28. The molecule has 2 aromatic rings. The van der Waals surface area contributed by atoms with Crippen LogP contribution in [0.1, 0.15) is 50.9 Å². The molecule has 1 aromatic carbocycles. The maximum Gasteiger partial charge on any atom is 0.441 e. The highest BCUT2D eigenvalue weighted by Crippen LogP contribution is 2.41. The Bertz CT molecular complexity index is 761. The third-order valence-electron chi connectivity index (χ3n) is 5.29. The topological polar surface area (TPSA) is 48.0 Å². The maximum absolute atomic E-state index is 14.0. The van der Waals surface area contributed by atoms with Gasteiger partial charge in [-0.3, -0.25) is 9.09 Å². The summed E-state index contributed by atoms with van der Waals surface area (Å²) in [6, 6.07) is 4.54. The van der Waals surface area contributed by atoms with E-state index in [-0.39, 0.29) is 11.8 Å². The molecule has 1 aromatic heterocycles. The van der Waals surface area contributed by atoms with Crippen LogP contribution >= 0.6 is 11.6 Å². The summed E-state index contributed by atoms with van der Waals surface area (Å²) in [5.74, 6) is -0.0899. The smallest absolute Gasteiger partial charge is 0.296 e. The fraction of sp³-hybridized carbons (Fsp3) is 0.556. The van der Waals surface area contributed by atoms with Crippen molar-refractivity contribution in [1.82, 2.24) is 9.72 Å². The van der Waals surface area contributed by atoms with Gasteiger partial charge in [-0.05, 0) is 36.3 Å². The number of hydrogen-bond acceptors (Lipinski definition) is 3. The average Bonchev–Trinajstić information content (AvgIpc) is 2.86. The van der Waals surface area contributed by atoms with Crippen LogP contribution in [0.4, 0.5) is 4.39 Å². The Hall–Kier alpha value is -1.62. The Balaban J connectivity index is 1.88. The number of aromatic nitrogens is 2. The molecule has 3 rings (SSSR count). The Labute approximate surface area is 145 Å². The normalized spacial score (nSPS) is 20.2. The van der Waals surface area contributed by atoms with Gasteiger partial charge in [-0.2, -0.15) is 0 Å². The maximum atomic E-state index is 14.0. The van der Waals surface area contributed by atoms with Gasteiger partial charge in [0.15, 0.2) is 5.82 Å². The van der Waals surface area contributed by atoms with Crippen LogP contribution in [0.15, 0.2) is 27.5 Å². The monoisotopic (exact) mass is 352 g/mol. The molecule has 1 saturated carbocycles. The SMILES string of the molecule is CC1(C)CCCCC1Cn1c(Cc2c(F)cccc2Cl)noc1=O. The van der Waals surface area contributed by atoms with E-state index in [9.17, 15) is 9.18 Å². The zero-order valence-corrected chi connectivity index (χ0v) is 14.8. The van der Waals surface area contributed by atoms with Crippen molar-refractivity contribution >= 4 is 11.6 Å². The van der Waals surface area contributed by atoms with E-state index in [2.05, 4.69) is 19.0 Å². The highest BCUT2D eigenvalue weighted by atomic mass is 35.5. The largest absolute Gasteiger partial charge is 0.441 e. The molecule has 1 atom stereocenters. The van der Waals surface area contributed by atoms with Crippen LogP contribution < -0.4 is 5.76 Å². The summed E-state index contributed by atoms with van der Waals surface area (Å²) in [4.78, 5) is 12.1. The quantitative estimate of drug-likeness (QED) is 0.817. The molecule has 0 aliphatic heterocycles. The molecule has 0 N–H and O–H groups in total. The summed E-state index contributed by atoms with van der Waals surface area (Å²) in [5, 5.41) is 4.19. The summed E-state index contributed by atoms with van der Waals surface area (Å²) < 4.78 is 20.4. The van der Waals surface area contributed by atoms with Gasteiger partial charge in [-0.25, -0.2) is 9.18 Å². The number of rotatable bonds is 4. The van der Waals surface area contributed by atoms with Gasteiger partial charge in [0, 0.05) is 23.6 Å². The van der Waals surface area contributed by atoms with E-state index >= 15 is 0 Å². The molecule has 0 radical (unpaired) electrons. The van der Waals surface area contributed by atoms with E-state index < -0.39 is 11.6 Å². The molecular weight excluding hydrogens is 331 g/mol. The highest BCUT2D eigenvalue weighted by Gasteiger charge is 2.33. The molecule has 1 unspecified atom stereocenters. The predicted octanol–water partition coefficient (Wildman–Crippen LogP) is 4.44. The Morgan fingerprint density at radius 3 is 2.92 bits per heavy atom. The summed E-state index contributed by atoms with van der Waals surface area (Å²) in [5.41, 5.74) is 0.506. The molecule has 1 heterocycles. The number of hydrogen-bond donors (Lipinski definition) is 0. The van der Waals surface area contributed by atoms with Crippen LogP contribution in [0.2, 0.25) is 5.02 Å². The van der Waals surface area contributed by atoms with E-state index in [0.717, 1.165) is 12.8 Å². The predicted molar refractivity (Wildman–Crippen MR) is 90.7 cm³/mol. The molecule has 0 amide bonds. The molecule has 0 bridgehead atoms. The second-order valence-corrected chi connectivity index (χ2v) is 7.69.